The third kappa shape index (κ3) is 2.77. The normalized spacial score (nSPS) is 21.2. The minimum atomic E-state index is 0.466. The Bertz CT molecular complexity index is 376. The summed E-state index contributed by atoms with van der Waals surface area (Å²) in [6, 6.07) is 0.588. The second kappa shape index (κ2) is 5.59. The van der Waals surface area contributed by atoms with Crippen molar-refractivity contribution in [2.75, 3.05) is 23.0 Å². The number of nitrogens with two attached hydrogens (primary N) is 1. The Morgan fingerprint density at radius 2 is 2.29 bits per heavy atom. The third-order valence-electron chi connectivity index (χ3n) is 3.06. The molecule has 3 nitrogen and oxygen atoms in total. The van der Waals surface area contributed by atoms with E-state index in [-0.39, 0.29) is 0 Å². The van der Waals surface area contributed by atoms with E-state index in [2.05, 4.69) is 25.7 Å². The number of hydrogen-bond donors (Lipinski definition) is 1. The summed E-state index contributed by atoms with van der Waals surface area (Å²) < 4.78 is 0. The Balaban J connectivity index is 2.26. The van der Waals surface area contributed by atoms with Crippen molar-refractivity contribution < 1.29 is 0 Å². The molecule has 0 saturated carbocycles. The Morgan fingerprint density at radius 3 is 2.82 bits per heavy atom. The van der Waals surface area contributed by atoms with Crippen molar-refractivity contribution in [3.05, 3.63) is 10.6 Å². The fourth-order valence-corrected chi connectivity index (χ4v) is 4.32. The average Bonchev–Trinajstić information content (AvgIpc) is 2.73. The summed E-state index contributed by atoms with van der Waals surface area (Å²) >= 11 is 3.81. The van der Waals surface area contributed by atoms with Crippen molar-refractivity contribution in [1.82, 2.24) is 4.98 Å². The van der Waals surface area contributed by atoms with Crippen molar-refractivity contribution in [2.24, 2.45) is 5.73 Å². The Morgan fingerprint density at radius 1 is 1.53 bits per heavy atom. The highest BCUT2D eigenvalue weighted by Gasteiger charge is 2.23. The predicted octanol–water partition coefficient (Wildman–Crippen LogP) is 2.67. The van der Waals surface area contributed by atoms with Gasteiger partial charge in [-0.25, -0.2) is 4.98 Å². The number of thiazole rings is 1. The second-order valence-corrected chi connectivity index (χ2v) is 6.99. The summed E-state index contributed by atoms with van der Waals surface area (Å²) in [5, 5.41) is 1.17. The van der Waals surface area contributed by atoms with E-state index in [1.165, 1.54) is 27.2 Å². The highest BCUT2D eigenvalue weighted by molar-refractivity contribution is 7.99. The zero-order chi connectivity index (χ0) is 12.4. The Kier molecular flexibility index (Phi) is 4.33. The summed E-state index contributed by atoms with van der Waals surface area (Å²) in [5.41, 5.74) is 7.01. The molecule has 2 N–H and O–H groups in total. The van der Waals surface area contributed by atoms with Gasteiger partial charge in [0.2, 0.25) is 0 Å². The van der Waals surface area contributed by atoms with Crippen molar-refractivity contribution in [2.45, 2.75) is 39.3 Å². The van der Waals surface area contributed by atoms with E-state index < -0.39 is 0 Å². The van der Waals surface area contributed by atoms with Gasteiger partial charge in [0.05, 0.1) is 5.69 Å². The molecule has 2 rings (SSSR count). The van der Waals surface area contributed by atoms with Gasteiger partial charge in [0, 0.05) is 35.5 Å². The van der Waals surface area contributed by atoms with E-state index in [0.29, 0.717) is 18.5 Å². The first kappa shape index (κ1) is 13.2. The zero-order valence-electron chi connectivity index (χ0n) is 10.8. The molecule has 1 aliphatic heterocycles. The Hall–Kier alpha value is -0.260. The number of rotatable bonds is 3. The quantitative estimate of drug-likeness (QED) is 0.918. The predicted molar refractivity (Wildman–Crippen MR) is 78.2 cm³/mol. The van der Waals surface area contributed by atoms with Gasteiger partial charge in [-0.2, -0.15) is 11.8 Å². The van der Waals surface area contributed by atoms with Gasteiger partial charge < -0.3 is 10.6 Å². The Labute approximate surface area is 112 Å². The van der Waals surface area contributed by atoms with Crippen molar-refractivity contribution in [3.63, 3.8) is 0 Å². The summed E-state index contributed by atoms with van der Waals surface area (Å²) in [4.78, 5) is 8.50. The molecule has 0 radical (unpaired) electrons. The third-order valence-corrected chi connectivity index (χ3v) is 5.38. The summed E-state index contributed by atoms with van der Waals surface area (Å²) in [5.74, 6) is 2.88. The van der Waals surface area contributed by atoms with Crippen LogP contribution in [0.4, 0.5) is 5.13 Å². The van der Waals surface area contributed by atoms with Gasteiger partial charge >= 0.3 is 0 Å². The summed E-state index contributed by atoms with van der Waals surface area (Å²) in [7, 11) is 0. The smallest absolute Gasteiger partial charge is 0.186 e. The molecule has 17 heavy (non-hydrogen) atoms. The van der Waals surface area contributed by atoms with Gasteiger partial charge in [-0.3, -0.25) is 0 Å². The highest BCUT2D eigenvalue weighted by atomic mass is 32.2. The first-order chi connectivity index (χ1) is 8.13. The molecule has 0 spiro atoms. The summed E-state index contributed by atoms with van der Waals surface area (Å²) in [6.45, 7) is 8.38. The number of aromatic nitrogens is 1. The molecule has 2 heterocycles. The van der Waals surface area contributed by atoms with E-state index in [4.69, 9.17) is 10.7 Å². The van der Waals surface area contributed by atoms with Crippen LogP contribution in [0.2, 0.25) is 0 Å². The fraction of sp³-hybridized carbons (Fsp3) is 0.750. The fourth-order valence-electron chi connectivity index (χ4n) is 2.08. The lowest BCUT2D eigenvalue weighted by molar-refractivity contribution is 0.693. The lowest BCUT2D eigenvalue weighted by Crippen LogP contribution is -2.40. The lowest BCUT2D eigenvalue weighted by atomic mass is 10.1. The number of hydrogen-bond acceptors (Lipinski definition) is 5. The van der Waals surface area contributed by atoms with Crippen molar-refractivity contribution >= 4 is 28.2 Å². The maximum Gasteiger partial charge on any atom is 0.186 e. The summed E-state index contributed by atoms with van der Waals surface area (Å²) in [6.07, 6.45) is 0. The maximum atomic E-state index is 5.81. The van der Waals surface area contributed by atoms with Gasteiger partial charge in [0.15, 0.2) is 5.13 Å². The van der Waals surface area contributed by atoms with Crippen molar-refractivity contribution in [3.8, 4) is 0 Å². The van der Waals surface area contributed by atoms with Gasteiger partial charge in [-0.05, 0) is 12.8 Å². The van der Waals surface area contributed by atoms with E-state index in [0.717, 1.165) is 6.54 Å². The molecule has 1 fully saturated rings. The van der Waals surface area contributed by atoms with Crippen LogP contribution in [0.5, 0.6) is 0 Å². The molecule has 1 saturated heterocycles. The number of nitrogens with zero attached hydrogens (tertiary/aromatic N) is 2. The number of anilines is 1. The van der Waals surface area contributed by atoms with Crippen LogP contribution in [-0.4, -0.2) is 29.1 Å². The molecular formula is C12H21N3S2. The van der Waals surface area contributed by atoms with Crippen LogP contribution in [0.3, 0.4) is 0 Å². The molecule has 0 aromatic carbocycles. The minimum Gasteiger partial charge on any atom is -0.344 e. The van der Waals surface area contributed by atoms with Crippen LogP contribution >= 0.6 is 23.1 Å². The number of thioether (sulfide) groups is 1. The van der Waals surface area contributed by atoms with Crippen LogP contribution < -0.4 is 10.6 Å². The largest absolute Gasteiger partial charge is 0.344 e. The SMILES string of the molecule is CC(C)c1nc(N2CCSCC2C)sc1CN. The topological polar surface area (TPSA) is 42.2 Å². The standard InChI is InChI=1S/C12H21N3S2/c1-8(2)11-10(6-13)17-12(14-11)15-4-5-16-7-9(15)3/h8-9H,4-7,13H2,1-3H3. The molecule has 96 valence electrons. The molecule has 0 bridgehead atoms. The van der Waals surface area contributed by atoms with Crippen LogP contribution in [-0.2, 0) is 6.54 Å². The van der Waals surface area contributed by atoms with Gasteiger partial charge in [-0.15, -0.1) is 11.3 Å². The van der Waals surface area contributed by atoms with Crippen LogP contribution in [0.25, 0.3) is 0 Å². The van der Waals surface area contributed by atoms with Crippen LogP contribution in [0.15, 0.2) is 0 Å². The van der Waals surface area contributed by atoms with E-state index in [1.807, 2.05) is 11.8 Å². The van der Waals surface area contributed by atoms with Gasteiger partial charge in [-0.1, -0.05) is 13.8 Å². The zero-order valence-corrected chi connectivity index (χ0v) is 12.4. The molecule has 1 aromatic rings. The maximum absolute atomic E-state index is 5.81. The minimum absolute atomic E-state index is 0.466. The first-order valence-corrected chi connectivity index (χ1v) is 8.14. The van der Waals surface area contributed by atoms with Crippen LogP contribution in [0, 0.1) is 0 Å². The molecule has 1 atom stereocenters. The van der Waals surface area contributed by atoms with Gasteiger partial charge in [0.25, 0.3) is 0 Å². The van der Waals surface area contributed by atoms with E-state index in [1.54, 1.807) is 11.3 Å². The monoisotopic (exact) mass is 271 g/mol. The second-order valence-electron chi connectivity index (χ2n) is 4.78. The van der Waals surface area contributed by atoms with E-state index >= 15 is 0 Å². The lowest BCUT2D eigenvalue weighted by Gasteiger charge is -2.32. The van der Waals surface area contributed by atoms with Gasteiger partial charge in [0.1, 0.15) is 0 Å². The van der Waals surface area contributed by atoms with E-state index in [9.17, 15) is 0 Å². The highest BCUT2D eigenvalue weighted by Crippen LogP contribution is 2.33. The molecule has 1 unspecified atom stereocenters. The average molecular weight is 271 g/mol. The molecule has 0 amide bonds. The molecule has 0 aliphatic carbocycles. The van der Waals surface area contributed by atoms with Crippen molar-refractivity contribution in [1.29, 1.82) is 0 Å². The molecule has 5 heteroatoms. The molecular weight excluding hydrogens is 250 g/mol. The molecule has 1 aromatic heterocycles. The first-order valence-electron chi connectivity index (χ1n) is 6.17. The van der Waals surface area contributed by atoms with Crippen LogP contribution in [0.1, 0.15) is 37.3 Å². The molecule has 1 aliphatic rings.